The summed E-state index contributed by atoms with van der Waals surface area (Å²) in [6, 6.07) is -0.826. The number of carbonyl (C=O) groups excluding carboxylic acids is 1. The Labute approximate surface area is 539 Å². The number of hydrogen-bond acceptors (Lipinski definition) is 13. The van der Waals surface area contributed by atoms with Crippen LogP contribution in [0.2, 0.25) is 0 Å². The quantitative estimate of drug-likeness (QED) is 0.0204. The van der Waals surface area contributed by atoms with Crippen LogP contribution in [0.3, 0.4) is 0 Å². The van der Waals surface area contributed by atoms with Crippen LogP contribution in [-0.4, -0.2) is 140 Å². The number of rotatable bonds is 64. The van der Waals surface area contributed by atoms with E-state index in [1.807, 2.05) is 0 Å². The van der Waals surface area contributed by atoms with Crippen LogP contribution in [-0.2, 0) is 23.7 Å². The van der Waals surface area contributed by atoms with Crippen LogP contribution in [0.5, 0.6) is 0 Å². The van der Waals surface area contributed by atoms with E-state index in [0.29, 0.717) is 12.8 Å². The summed E-state index contributed by atoms with van der Waals surface area (Å²) in [6.45, 7) is 2.93. The standard InChI is InChI=1S/C74H143NO13/c1-3-5-7-9-11-13-15-17-19-21-23-25-27-28-29-30-31-32-33-34-36-38-40-42-44-46-48-50-52-54-56-58-66(79)75-62(61-85-73-71(84)69(82)72(65(60-77)87-73)88-74-70(83)68(81)67(80)64(59-76)86-74)63(78)57-55-53-51-49-47-45-43-41-39-37-35-26-24-22-20-18-16-14-12-10-8-6-4-2/h21,23,62-65,67-74,76-78,80-84H,3-20,22,24-61H2,1-2H3,(H,75,79)/b23-21-. The first kappa shape index (κ1) is 82.8. The molecule has 1 amide bonds. The molecule has 0 aliphatic carbocycles. The Morgan fingerprint density at radius 3 is 1.08 bits per heavy atom. The number of allylic oxidation sites excluding steroid dienone is 2. The maximum atomic E-state index is 13.4. The van der Waals surface area contributed by atoms with Gasteiger partial charge in [0.05, 0.1) is 32.0 Å². The van der Waals surface area contributed by atoms with Crippen molar-refractivity contribution >= 4 is 5.91 Å². The lowest BCUT2D eigenvalue weighted by Gasteiger charge is -2.46. The highest BCUT2D eigenvalue weighted by Crippen LogP contribution is 2.30. The molecule has 12 atom stereocenters. The van der Waals surface area contributed by atoms with Crippen LogP contribution < -0.4 is 5.32 Å². The van der Waals surface area contributed by atoms with E-state index in [1.165, 1.54) is 283 Å². The summed E-state index contributed by atoms with van der Waals surface area (Å²) in [7, 11) is 0. The third kappa shape index (κ3) is 42.9. The van der Waals surface area contributed by atoms with E-state index in [9.17, 15) is 45.6 Å². The summed E-state index contributed by atoms with van der Waals surface area (Å²) in [5.74, 6) is -0.197. The fraction of sp³-hybridized carbons (Fsp3) is 0.959. The van der Waals surface area contributed by atoms with Gasteiger partial charge in [0.25, 0.3) is 0 Å². The molecule has 2 aliphatic rings. The van der Waals surface area contributed by atoms with Gasteiger partial charge in [-0.15, -0.1) is 0 Å². The van der Waals surface area contributed by atoms with Crippen LogP contribution in [0.15, 0.2) is 12.2 Å². The predicted molar refractivity (Wildman–Crippen MR) is 360 cm³/mol. The zero-order chi connectivity index (χ0) is 63.8. The van der Waals surface area contributed by atoms with Crippen molar-refractivity contribution in [2.24, 2.45) is 0 Å². The zero-order valence-electron chi connectivity index (χ0n) is 57.0. The number of ether oxygens (including phenoxy) is 4. The summed E-state index contributed by atoms with van der Waals surface area (Å²) >= 11 is 0. The van der Waals surface area contributed by atoms with Gasteiger partial charge in [-0.3, -0.25) is 4.79 Å². The second-order valence-corrected chi connectivity index (χ2v) is 27.1. The lowest BCUT2D eigenvalue weighted by molar-refractivity contribution is -0.359. The molecule has 9 N–H and O–H groups in total. The van der Waals surface area contributed by atoms with E-state index < -0.39 is 86.8 Å². The van der Waals surface area contributed by atoms with Crippen LogP contribution in [0, 0.1) is 0 Å². The maximum absolute atomic E-state index is 13.4. The van der Waals surface area contributed by atoms with Gasteiger partial charge in [-0.05, 0) is 38.5 Å². The van der Waals surface area contributed by atoms with E-state index in [2.05, 4.69) is 31.3 Å². The summed E-state index contributed by atoms with van der Waals surface area (Å²) in [6.07, 6.45) is 56.7. The Kier molecular flexibility index (Phi) is 56.0. The van der Waals surface area contributed by atoms with Gasteiger partial charge in [-0.2, -0.15) is 0 Å². The summed E-state index contributed by atoms with van der Waals surface area (Å²) in [4.78, 5) is 13.4. The molecule has 2 fully saturated rings. The molecule has 0 aromatic rings. The van der Waals surface area contributed by atoms with Gasteiger partial charge in [0.15, 0.2) is 12.6 Å². The highest BCUT2D eigenvalue weighted by atomic mass is 16.7. The number of nitrogens with one attached hydrogen (secondary N) is 1. The van der Waals surface area contributed by atoms with Crippen molar-refractivity contribution < 1.29 is 64.6 Å². The largest absolute Gasteiger partial charge is 0.394 e. The minimum atomic E-state index is -1.78. The summed E-state index contributed by atoms with van der Waals surface area (Å²) in [5.41, 5.74) is 0. The van der Waals surface area contributed by atoms with Crippen molar-refractivity contribution in [1.29, 1.82) is 0 Å². The molecule has 0 saturated carbocycles. The van der Waals surface area contributed by atoms with Crippen LogP contribution >= 0.6 is 0 Å². The molecule has 12 unspecified atom stereocenters. The molecule has 88 heavy (non-hydrogen) atoms. The number of hydrogen-bond donors (Lipinski definition) is 9. The zero-order valence-corrected chi connectivity index (χ0v) is 57.0. The SMILES string of the molecule is CCCCCCCCCC/C=C\CCCCCCCCCCCCCCCCCCCCCC(=O)NC(COC1OC(CO)C(OC2OC(CO)C(O)C(O)C2O)C(O)C1O)C(O)CCCCCCCCCCCCCCCCCCCCCCCCC. The Morgan fingerprint density at radius 2 is 0.716 bits per heavy atom. The monoisotopic (exact) mass is 1250 g/mol. The van der Waals surface area contributed by atoms with E-state index in [0.717, 1.165) is 51.4 Å². The topological polar surface area (TPSA) is 228 Å². The normalized spacial score (nSPS) is 23.1. The minimum absolute atomic E-state index is 0.197. The molecular weight excluding hydrogens is 1110 g/mol. The van der Waals surface area contributed by atoms with Gasteiger partial charge >= 0.3 is 0 Å². The van der Waals surface area contributed by atoms with E-state index in [-0.39, 0.29) is 12.5 Å². The van der Waals surface area contributed by atoms with Crippen molar-refractivity contribution in [3.05, 3.63) is 12.2 Å². The molecule has 0 spiro atoms. The van der Waals surface area contributed by atoms with E-state index in [4.69, 9.17) is 18.9 Å². The molecule has 2 aliphatic heterocycles. The van der Waals surface area contributed by atoms with Gasteiger partial charge in [0.2, 0.25) is 5.91 Å². The first-order valence-corrected chi connectivity index (χ1v) is 37.9. The Hall–Kier alpha value is -1.27. The van der Waals surface area contributed by atoms with Gasteiger partial charge in [0.1, 0.15) is 48.8 Å². The highest BCUT2D eigenvalue weighted by Gasteiger charge is 2.51. The second-order valence-electron chi connectivity index (χ2n) is 27.1. The fourth-order valence-electron chi connectivity index (χ4n) is 12.9. The Bertz CT molecular complexity index is 1520. The highest BCUT2D eigenvalue weighted by molar-refractivity contribution is 5.76. The third-order valence-corrected chi connectivity index (χ3v) is 19.0. The molecule has 2 heterocycles. The summed E-state index contributed by atoms with van der Waals surface area (Å²) < 4.78 is 23.0. The number of aliphatic hydroxyl groups is 8. The average molecular weight is 1250 g/mol. The average Bonchev–Trinajstić information content (AvgIpc) is 3.10. The van der Waals surface area contributed by atoms with Gasteiger partial charge in [-0.25, -0.2) is 0 Å². The Balaban J connectivity index is 1.62. The molecule has 14 heteroatoms. The van der Waals surface area contributed by atoms with Crippen LogP contribution in [0.1, 0.15) is 361 Å². The predicted octanol–water partition coefficient (Wildman–Crippen LogP) is 16.1. The first-order valence-electron chi connectivity index (χ1n) is 37.9. The fourth-order valence-corrected chi connectivity index (χ4v) is 12.9. The summed E-state index contributed by atoms with van der Waals surface area (Å²) in [5, 5.41) is 87.7. The van der Waals surface area contributed by atoms with E-state index >= 15 is 0 Å². The molecular formula is C74H143NO13. The third-order valence-electron chi connectivity index (χ3n) is 19.0. The second kappa shape index (κ2) is 59.5. The maximum Gasteiger partial charge on any atom is 0.220 e. The van der Waals surface area contributed by atoms with E-state index in [1.54, 1.807) is 0 Å². The van der Waals surface area contributed by atoms with Gasteiger partial charge < -0.3 is 65.1 Å². The molecule has 14 nitrogen and oxygen atoms in total. The van der Waals surface area contributed by atoms with Crippen molar-refractivity contribution in [2.45, 2.75) is 434 Å². The Morgan fingerprint density at radius 1 is 0.398 bits per heavy atom. The van der Waals surface area contributed by atoms with Crippen molar-refractivity contribution in [2.75, 3.05) is 19.8 Å². The molecule has 2 saturated heterocycles. The number of amides is 1. The molecule has 0 aromatic heterocycles. The molecule has 0 aromatic carbocycles. The smallest absolute Gasteiger partial charge is 0.220 e. The first-order chi connectivity index (χ1) is 43.1. The minimum Gasteiger partial charge on any atom is -0.394 e. The van der Waals surface area contributed by atoms with Crippen LogP contribution in [0.25, 0.3) is 0 Å². The van der Waals surface area contributed by atoms with Crippen molar-refractivity contribution in [3.8, 4) is 0 Å². The molecule has 522 valence electrons. The van der Waals surface area contributed by atoms with Crippen LogP contribution in [0.4, 0.5) is 0 Å². The number of carbonyl (C=O) groups is 1. The number of unbranched alkanes of at least 4 members (excludes halogenated alkanes) is 49. The lowest BCUT2D eigenvalue weighted by Crippen LogP contribution is -2.65. The van der Waals surface area contributed by atoms with Gasteiger partial charge in [-0.1, -0.05) is 328 Å². The lowest BCUT2D eigenvalue weighted by atomic mass is 9.97. The van der Waals surface area contributed by atoms with Crippen molar-refractivity contribution in [3.63, 3.8) is 0 Å². The molecule has 2 rings (SSSR count). The van der Waals surface area contributed by atoms with Crippen molar-refractivity contribution in [1.82, 2.24) is 5.32 Å². The van der Waals surface area contributed by atoms with Gasteiger partial charge in [0, 0.05) is 6.42 Å². The molecule has 0 bridgehead atoms. The molecule has 0 radical (unpaired) electrons. The number of aliphatic hydroxyl groups excluding tert-OH is 8.